The van der Waals surface area contributed by atoms with Gasteiger partial charge < -0.3 is 4.42 Å². The molecule has 4 rings (SSSR count). The van der Waals surface area contributed by atoms with Gasteiger partial charge in [0.1, 0.15) is 11.9 Å². The van der Waals surface area contributed by atoms with Crippen LogP contribution in [0.4, 0.5) is 0 Å². The van der Waals surface area contributed by atoms with Crippen LogP contribution in [0.3, 0.4) is 0 Å². The predicted molar refractivity (Wildman–Crippen MR) is 67.6 cm³/mol. The molecule has 6 heteroatoms. The lowest BCUT2D eigenvalue weighted by atomic mass is 9.98. The molecule has 1 amide bonds. The van der Waals surface area contributed by atoms with Crippen molar-refractivity contribution >= 4 is 17.7 Å². The van der Waals surface area contributed by atoms with Crippen molar-refractivity contribution in [2.75, 3.05) is 11.5 Å². The van der Waals surface area contributed by atoms with Gasteiger partial charge in [0.2, 0.25) is 5.91 Å². The van der Waals surface area contributed by atoms with Gasteiger partial charge in [0.05, 0.1) is 18.2 Å². The first-order valence-electron chi connectivity index (χ1n) is 6.29. The molecule has 3 aliphatic heterocycles. The molecule has 0 radical (unpaired) electrons. The number of hydrazine groups is 1. The van der Waals surface area contributed by atoms with E-state index >= 15 is 0 Å². The van der Waals surface area contributed by atoms with Gasteiger partial charge in [-0.05, 0) is 12.1 Å². The van der Waals surface area contributed by atoms with Crippen LogP contribution in [0.15, 0.2) is 22.8 Å². The van der Waals surface area contributed by atoms with E-state index in [1.54, 1.807) is 11.3 Å². The molecule has 0 aliphatic carbocycles. The number of nitrogens with zero attached hydrogens (tertiary/aromatic N) is 1. The highest BCUT2D eigenvalue weighted by Gasteiger charge is 2.48. The Balaban J connectivity index is 1.57. The Hall–Kier alpha value is -0.980. The van der Waals surface area contributed by atoms with Crippen molar-refractivity contribution in [1.29, 1.82) is 0 Å². The Labute approximate surface area is 109 Å². The zero-order valence-electron chi connectivity index (χ0n) is 9.83. The SMILES string of the molecule is O=C1C2CSCC2NC2CC(c3ccco3)NN12. The first-order chi connectivity index (χ1) is 8.83. The highest BCUT2D eigenvalue weighted by molar-refractivity contribution is 7.99. The third kappa shape index (κ3) is 1.52. The Bertz CT molecular complexity index is 464. The van der Waals surface area contributed by atoms with Crippen LogP contribution >= 0.6 is 11.8 Å². The number of nitrogens with one attached hydrogen (secondary N) is 2. The topological polar surface area (TPSA) is 57.5 Å². The third-order valence-corrected chi connectivity index (χ3v) is 5.18. The summed E-state index contributed by atoms with van der Waals surface area (Å²) in [4.78, 5) is 12.4. The molecule has 2 N–H and O–H groups in total. The second-order valence-electron chi connectivity index (χ2n) is 5.07. The van der Waals surface area contributed by atoms with Crippen molar-refractivity contribution in [1.82, 2.24) is 15.8 Å². The average molecular weight is 265 g/mol. The molecule has 3 aliphatic rings. The van der Waals surface area contributed by atoms with Gasteiger partial charge in [0.15, 0.2) is 0 Å². The van der Waals surface area contributed by atoms with Crippen molar-refractivity contribution in [3.63, 3.8) is 0 Å². The quantitative estimate of drug-likeness (QED) is 0.783. The van der Waals surface area contributed by atoms with Gasteiger partial charge in [-0.1, -0.05) is 0 Å². The fourth-order valence-corrected chi connectivity index (χ4v) is 4.40. The summed E-state index contributed by atoms with van der Waals surface area (Å²) in [6.45, 7) is 0. The minimum absolute atomic E-state index is 0.104. The Morgan fingerprint density at radius 3 is 3.22 bits per heavy atom. The van der Waals surface area contributed by atoms with E-state index in [0.29, 0.717) is 6.04 Å². The molecule has 0 spiro atoms. The van der Waals surface area contributed by atoms with E-state index in [9.17, 15) is 4.79 Å². The van der Waals surface area contributed by atoms with E-state index in [-0.39, 0.29) is 24.0 Å². The molecule has 18 heavy (non-hydrogen) atoms. The Kier molecular flexibility index (Phi) is 2.43. The lowest BCUT2D eigenvalue weighted by Crippen LogP contribution is -2.62. The van der Waals surface area contributed by atoms with Crippen molar-refractivity contribution in [2.24, 2.45) is 5.92 Å². The molecule has 3 fully saturated rings. The molecule has 5 nitrogen and oxygen atoms in total. The van der Waals surface area contributed by atoms with Gasteiger partial charge in [-0.25, -0.2) is 5.43 Å². The second-order valence-corrected chi connectivity index (χ2v) is 6.15. The van der Waals surface area contributed by atoms with Crippen LogP contribution in [-0.2, 0) is 4.79 Å². The first-order valence-corrected chi connectivity index (χ1v) is 7.45. The number of hydrogen-bond donors (Lipinski definition) is 2. The molecule has 0 saturated carbocycles. The molecule has 4 atom stereocenters. The molecular weight excluding hydrogens is 250 g/mol. The number of amides is 1. The lowest BCUT2D eigenvalue weighted by molar-refractivity contribution is -0.144. The van der Waals surface area contributed by atoms with Crippen LogP contribution in [0.1, 0.15) is 18.2 Å². The number of thioether (sulfide) groups is 1. The Morgan fingerprint density at radius 2 is 2.39 bits per heavy atom. The number of rotatable bonds is 1. The minimum atomic E-state index is 0.104. The first kappa shape index (κ1) is 10.9. The standard InChI is InChI=1S/C12H15N3O2S/c16-12-7-5-18-6-9(7)13-11-4-8(14-15(11)12)10-2-1-3-17-10/h1-3,7-9,11,13-14H,4-6H2. The zero-order chi connectivity index (χ0) is 12.1. The molecule has 3 saturated heterocycles. The molecular formula is C12H15N3O2S. The number of carbonyl (C=O) groups is 1. The van der Waals surface area contributed by atoms with E-state index < -0.39 is 0 Å². The second kappa shape index (κ2) is 4.01. The summed E-state index contributed by atoms with van der Waals surface area (Å²) < 4.78 is 5.42. The fourth-order valence-electron chi connectivity index (χ4n) is 3.06. The summed E-state index contributed by atoms with van der Waals surface area (Å²) in [6.07, 6.45) is 2.65. The number of fused-ring (bicyclic) bond motifs is 2. The summed E-state index contributed by atoms with van der Waals surface area (Å²) in [5.41, 5.74) is 3.28. The van der Waals surface area contributed by atoms with Gasteiger partial charge in [-0.3, -0.25) is 15.1 Å². The lowest BCUT2D eigenvalue weighted by Gasteiger charge is -2.37. The van der Waals surface area contributed by atoms with E-state index in [2.05, 4.69) is 10.7 Å². The van der Waals surface area contributed by atoms with Crippen molar-refractivity contribution in [3.8, 4) is 0 Å². The maximum atomic E-state index is 12.4. The predicted octanol–water partition coefficient (Wildman–Crippen LogP) is 0.718. The molecule has 4 heterocycles. The molecule has 0 bridgehead atoms. The van der Waals surface area contributed by atoms with E-state index in [4.69, 9.17) is 4.42 Å². The van der Waals surface area contributed by atoms with Crippen molar-refractivity contribution in [2.45, 2.75) is 24.7 Å². The van der Waals surface area contributed by atoms with Crippen LogP contribution in [0.2, 0.25) is 0 Å². The number of hydrogen-bond acceptors (Lipinski definition) is 5. The summed E-state index contributed by atoms with van der Waals surface area (Å²) in [5.74, 6) is 3.26. The van der Waals surface area contributed by atoms with Crippen molar-refractivity contribution in [3.05, 3.63) is 24.2 Å². The Morgan fingerprint density at radius 1 is 1.44 bits per heavy atom. The summed E-state index contributed by atoms with van der Waals surface area (Å²) in [5, 5.41) is 5.36. The summed E-state index contributed by atoms with van der Waals surface area (Å²) >= 11 is 1.86. The number of carbonyl (C=O) groups excluding carboxylic acids is 1. The van der Waals surface area contributed by atoms with Crippen LogP contribution in [0.25, 0.3) is 0 Å². The monoisotopic (exact) mass is 265 g/mol. The smallest absolute Gasteiger partial charge is 0.243 e. The van der Waals surface area contributed by atoms with Crippen molar-refractivity contribution < 1.29 is 9.21 Å². The van der Waals surface area contributed by atoms with Gasteiger partial charge in [-0.2, -0.15) is 11.8 Å². The minimum Gasteiger partial charge on any atom is -0.468 e. The summed E-state index contributed by atoms with van der Waals surface area (Å²) in [6, 6.07) is 4.29. The molecule has 1 aromatic rings. The van der Waals surface area contributed by atoms with Gasteiger partial charge >= 0.3 is 0 Å². The van der Waals surface area contributed by atoms with Crippen LogP contribution in [0, 0.1) is 5.92 Å². The maximum Gasteiger partial charge on any atom is 0.243 e. The van der Waals surface area contributed by atoms with Crippen LogP contribution in [-0.4, -0.2) is 34.6 Å². The molecule has 96 valence electrons. The van der Waals surface area contributed by atoms with E-state index in [1.165, 1.54) is 0 Å². The maximum absolute atomic E-state index is 12.4. The van der Waals surface area contributed by atoms with Crippen LogP contribution < -0.4 is 10.7 Å². The molecule has 0 aromatic carbocycles. The van der Waals surface area contributed by atoms with Gasteiger partial charge in [0.25, 0.3) is 0 Å². The molecule has 4 unspecified atom stereocenters. The van der Waals surface area contributed by atoms with Gasteiger partial charge in [-0.15, -0.1) is 0 Å². The normalized spacial score (nSPS) is 38.9. The van der Waals surface area contributed by atoms with Crippen LogP contribution in [0.5, 0.6) is 0 Å². The summed E-state index contributed by atoms with van der Waals surface area (Å²) in [7, 11) is 0. The van der Waals surface area contributed by atoms with Gasteiger partial charge in [0, 0.05) is 24.0 Å². The van der Waals surface area contributed by atoms with E-state index in [1.807, 2.05) is 23.9 Å². The number of furan rings is 1. The zero-order valence-corrected chi connectivity index (χ0v) is 10.7. The highest BCUT2D eigenvalue weighted by atomic mass is 32.2. The highest BCUT2D eigenvalue weighted by Crippen LogP contribution is 2.35. The third-order valence-electron chi connectivity index (χ3n) is 3.99. The van der Waals surface area contributed by atoms with E-state index in [0.717, 1.165) is 23.7 Å². The molecule has 1 aromatic heterocycles. The fraction of sp³-hybridized carbons (Fsp3) is 0.583. The largest absolute Gasteiger partial charge is 0.468 e. The average Bonchev–Trinajstić information content (AvgIpc) is 3.08.